The van der Waals surface area contributed by atoms with E-state index in [4.69, 9.17) is 0 Å². The van der Waals surface area contributed by atoms with E-state index in [1.807, 2.05) is 13.8 Å². The van der Waals surface area contributed by atoms with Gasteiger partial charge in [0, 0.05) is 19.6 Å². The Balaban J connectivity index is 3.83. The molecule has 0 bridgehead atoms. The van der Waals surface area contributed by atoms with Gasteiger partial charge in [-0.2, -0.15) is 0 Å². The predicted molar refractivity (Wildman–Crippen MR) is 60.5 cm³/mol. The van der Waals surface area contributed by atoms with Gasteiger partial charge in [0.05, 0.1) is 0 Å². The van der Waals surface area contributed by atoms with Crippen LogP contribution in [0.25, 0.3) is 0 Å². The minimum atomic E-state index is -0.477. The molecule has 0 radical (unpaired) electrons. The topological polar surface area (TPSA) is 49.4 Å². The number of likely N-dealkylation sites (N-methyl/N-ethyl adjacent to an activating group) is 1. The lowest BCUT2D eigenvalue weighted by Crippen LogP contribution is -2.43. The van der Waals surface area contributed by atoms with E-state index in [-0.39, 0.29) is 0 Å². The van der Waals surface area contributed by atoms with Crippen molar-refractivity contribution >= 4 is 11.8 Å². The highest BCUT2D eigenvalue weighted by atomic mass is 16.2. The van der Waals surface area contributed by atoms with Crippen LogP contribution in [0.2, 0.25) is 0 Å². The number of hydrogen-bond donors (Lipinski definition) is 1. The fourth-order valence-electron chi connectivity index (χ4n) is 1.31. The van der Waals surface area contributed by atoms with Crippen LogP contribution in [0.3, 0.4) is 0 Å². The monoisotopic (exact) mass is 214 g/mol. The van der Waals surface area contributed by atoms with Gasteiger partial charge in [-0.05, 0) is 20.3 Å². The Labute approximate surface area is 92.0 Å². The summed E-state index contributed by atoms with van der Waals surface area (Å²) in [6.07, 6.45) is 3.13. The van der Waals surface area contributed by atoms with Gasteiger partial charge in [-0.15, -0.1) is 0 Å². The van der Waals surface area contributed by atoms with E-state index in [1.165, 1.54) is 4.90 Å². The average Bonchev–Trinajstić information content (AvgIpc) is 2.25. The molecule has 0 saturated carbocycles. The molecule has 0 unspecified atom stereocenters. The number of unbranched alkanes of at least 4 members (excludes halogenated alkanes) is 2. The Morgan fingerprint density at radius 2 is 1.67 bits per heavy atom. The third-order valence-corrected chi connectivity index (χ3v) is 2.31. The first kappa shape index (κ1) is 13.9. The lowest BCUT2D eigenvalue weighted by molar-refractivity contribution is -0.145. The Morgan fingerprint density at radius 3 is 2.13 bits per heavy atom. The molecule has 4 nitrogen and oxygen atoms in total. The van der Waals surface area contributed by atoms with Crippen LogP contribution in [0, 0.1) is 0 Å². The molecule has 88 valence electrons. The minimum absolute atomic E-state index is 0.420. The summed E-state index contributed by atoms with van der Waals surface area (Å²) >= 11 is 0. The highest BCUT2D eigenvalue weighted by molar-refractivity contribution is 6.34. The van der Waals surface area contributed by atoms with E-state index < -0.39 is 11.8 Å². The second kappa shape index (κ2) is 8.26. The summed E-state index contributed by atoms with van der Waals surface area (Å²) in [6, 6.07) is 0. The molecule has 0 aliphatic heterocycles. The number of nitrogens with zero attached hydrogens (tertiary/aromatic N) is 1. The molecule has 1 N–H and O–H groups in total. The molecule has 0 fully saturated rings. The van der Waals surface area contributed by atoms with Gasteiger partial charge < -0.3 is 10.2 Å². The molecule has 0 aromatic rings. The molecule has 0 heterocycles. The quantitative estimate of drug-likeness (QED) is 0.533. The molecule has 0 spiro atoms. The van der Waals surface area contributed by atoms with Crippen LogP contribution in [-0.2, 0) is 9.59 Å². The van der Waals surface area contributed by atoms with Gasteiger partial charge in [-0.25, -0.2) is 0 Å². The van der Waals surface area contributed by atoms with E-state index >= 15 is 0 Å². The molecule has 0 rings (SSSR count). The Bertz CT molecular complexity index is 201. The van der Waals surface area contributed by atoms with Crippen LogP contribution in [0.15, 0.2) is 0 Å². The van der Waals surface area contributed by atoms with Crippen molar-refractivity contribution in [2.24, 2.45) is 0 Å². The fraction of sp³-hybridized carbons (Fsp3) is 0.818. The van der Waals surface area contributed by atoms with Gasteiger partial charge in [0.25, 0.3) is 0 Å². The molecule has 4 heteroatoms. The van der Waals surface area contributed by atoms with Crippen LogP contribution in [-0.4, -0.2) is 36.3 Å². The van der Waals surface area contributed by atoms with Crippen molar-refractivity contribution in [3.8, 4) is 0 Å². The largest absolute Gasteiger partial charge is 0.348 e. The summed E-state index contributed by atoms with van der Waals surface area (Å²) in [5.74, 6) is -0.897. The molecule has 2 amide bonds. The van der Waals surface area contributed by atoms with Crippen LogP contribution in [0.1, 0.15) is 40.0 Å². The molecule has 15 heavy (non-hydrogen) atoms. The van der Waals surface area contributed by atoms with Gasteiger partial charge in [0.1, 0.15) is 0 Å². The lowest BCUT2D eigenvalue weighted by Gasteiger charge is -2.17. The third-order valence-electron chi connectivity index (χ3n) is 2.31. The molecule has 0 aromatic carbocycles. The first-order valence-electron chi connectivity index (χ1n) is 5.74. The Hall–Kier alpha value is -1.06. The van der Waals surface area contributed by atoms with Gasteiger partial charge in [0.15, 0.2) is 0 Å². The van der Waals surface area contributed by atoms with Crippen molar-refractivity contribution in [1.82, 2.24) is 10.2 Å². The summed E-state index contributed by atoms with van der Waals surface area (Å²) < 4.78 is 0. The first-order chi connectivity index (χ1) is 7.17. The van der Waals surface area contributed by atoms with E-state index in [2.05, 4.69) is 12.2 Å². The molecule has 0 aromatic heterocycles. The first-order valence-corrected chi connectivity index (χ1v) is 5.74. The second-order valence-electron chi connectivity index (χ2n) is 3.44. The highest BCUT2D eigenvalue weighted by Gasteiger charge is 2.17. The summed E-state index contributed by atoms with van der Waals surface area (Å²) in [5, 5.41) is 2.64. The van der Waals surface area contributed by atoms with Gasteiger partial charge in [-0.1, -0.05) is 19.8 Å². The fourth-order valence-corrected chi connectivity index (χ4v) is 1.31. The Kier molecular flexibility index (Phi) is 7.68. The lowest BCUT2D eigenvalue weighted by atomic mass is 10.2. The van der Waals surface area contributed by atoms with E-state index in [9.17, 15) is 9.59 Å². The SMILES string of the molecule is CCCCCNC(=O)C(=O)N(CC)CC. The summed E-state index contributed by atoms with van der Waals surface area (Å²) in [6.45, 7) is 7.59. The number of hydrogen-bond acceptors (Lipinski definition) is 2. The van der Waals surface area contributed by atoms with E-state index in [0.29, 0.717) is 19.6 Å². The van der Waals surface area contributed by atoms with E-state index in [1.54, 1.807) is 0 Å². The summed E-state index contributed by atoms with van der Waals surface area (Å²) in [4.78, 5) is 24.4. The van der Waals surface area contributed by atoms with Crippen LogP contribution < -0.4 is 5.32 Å². The zero-order chi connectivity index (χ0) is 11.7. The summed E-state index contributed by atoms with van der Waals surface area (Å²) in [7, 11) is 0. The van der Waals surface area contributed by atoms with Crippen molar-refractivity contribution in [2.75, 3.05) is 19.6 Å². The maximum atomic E-state index is 11.5. The smallest absolute Gasteiger partial charge is 0.311 e. The predicted octanol–water partition coefficient (Wildman–Crippen LogP) is 1.16. The van der Waals surface area contributed by atoms with Crippen LogP contribution >= 0.6 is 0 Å². The zero-order valence-electron chi connectivity index (χ0n) is 10.0. The van der Waals surface area contributed by atoms with E-state index in [0.717, 1.165) is 19.3 Å². The number of amides is 2. The zero-order valence-corrected chi connectivity index (χ0v) is 10.0. The maximum Gasteiger partial charge on any atom is 0.311 e. The molecular formula is C11H22N2O2. The number of rotatable bonds is 6. The van der Waals surface area contributed by atoms with Gasteiger partial charge in [-0.3, -0.25) is 9.59 Å². The average molecular weight is 214 g/mol. The van der Waals surface area contributed by atoms with Crippen molar-refractivity contribution in [3.05, 3.63) is 0 Å². The highest BCUT2D eigenvalue weighted by Crippen LogP contribution is 1.92. The number of carbonyl (C=O) groups is 2. The van der Waals surface area contributed by atoms with Gasteiger partial charge >= 0.3 is 11.8 Å². The standard InChI is InChI=1S/C11H22N2O2/c1-4-7-8-9-12-10(14)11(15)13(5-2)6-3/h4-9H2,1-3H3,(H,12,14). The molecule has 0 atom stereocenters. The molecule has 0 aliphatic carbocycles. The van der Waals surface area contributed by atoms with Crippen molar-refractivity contribution in [1.29, 1.82) is 0 Å². The van der Waals surface area contributed by atoms with Crippen molar-refractivity contribution < 1.29 is 9.59 Å². The molecule has 0 saturated heterocycles. The second-order valence-corrected chi connectivity index (χ2v) is 3.44. The van der Waals surface area contributed by atoms with Crippen LogP contribution in [0.4, 0.5) is 0 Å². The normalized spacial score (nSPS) is 9.80. The minimum Gasteiger partial charge on any atom is -0.348 e. The molecular weight excluding hydrogens is 192 g/mol. The summed E-state index contributed by atoms with van der Waals surface area (Å²) in [5.41, 5.74) is 0. The number of nitrogens with one attached hydrogen (secondary N) is 1. The Morgan fingerprint density at radius 1 is 1.07 bits per heavy atom. The number of carbonyl (C=O) groups excluding carboxylic acids is 2. The van der Waals surface area contributed by atoms with Crippen molar-refractivity contribution in [3.63, 3.8) is 0 Å². The van der Waals surface area contributed by atoms with Crippen molar-refractivity contribution in [2.45, 2.75) is 40.0 Å². The molecule has 0 aliphatic rings. The third kappa shape index (κ3) is 5.40. The van der Waals surface area contributed by atoms with Crippen LogP contribution in [0.5, 0.6) is 0 Å². The maximum absolute atomic E-state index is 11.5. The van der Waals surface area contributed by atoms with Gasteiger partial charge in [0.2, 0.25) is 0 Å².